The van der Waals surface area contributed by atoms with Crippen molar-refractivity contribution in [2.75, 3.05) is 18.1 Å². The molecule has 4 heteroatoms. The Morgan fingerprint density at radius 2 is 2.29 bits per heavy atom. The third kappa shape index (κ3) is 2.16. The third-order valence-corrected chi connectivity index (χ3v) is 6.02. The second-order valence-electron chi connectivity index (χ2n) is 5.98. The fourth-order valence-electron chi connectivity index (χ4n) is 3.83. The third-order valence-electron chi connectivity index (χ3n) is 4.87. The van der Waals surface area contributed by atoms with Crippen LogP contribution in [-0.4, -0.2) is 27.6 Å². The van der Waals surface area contributed by atoms with E-state index in [1.54, 1.807) is 0 Å². The van der Waals surface area contributed by atoms with E-state index in [1.807, 2.05) is 24.3 Å². The minimum absolute atomic E-state index is 0.592. The number of thioether (sulfide) groups is 1. The van der Waals surface area contributed by atoms with Crippen LogP contribution in [0.15, 0.2) is 30.7 Å². The molecule has 1 N–H and O–H groups in total. The quantitative estimate of drug-likeness (QED) is 0.930. The Bertz CT molecular complexity index is 649. The Morgan fingerprint density at radius 3 is 3.19 bits per heavy atom. The molecule has 3 nitrogen and oxygen atoms in total. The lowest BCUT2D eigenvalue weighted by atomic mass is 10.0. The predicted molar refractivity (Wildman–Crippen MR) is 90.0 cm³/mol. The number of benzene rings is 1. The Hall–Kier alpha value is -1.42. The van der Waals surface area contributed by atoms with Crippen molar-refractivity contribution in [1.29, 1.82) is 0 Å². The van der Waals surface area contributed by atoms with Crippen LogP contribution in [0.2, 0.25) is 0 Å². The molecular formula is C17H21N3S. The van der Waals surface area contributed by atoms with Crippen molar-refractivity contribution in [3.05, 3.63) is 36.3 Å². The van der Waals surface area contributed by atoms with Crippen molar-refractivity contribution in [3.8, 4) is 11.3 Å². The zero-order chi connectivity index (χ0) is 14.2. The molecule has 2 aromatic rings. The van der Waals surface area contributed by atoms with E-state index in [4.69, 9.17) is 0 Å². The molecule has 1 aliphatic carbocycles. The maximum Gasteiger partial charge on any atom is 0.0953 e. The van der Waals surface area contributed by atoms with Crippen LogP contribution in [0.25, 0.3) is 11.3 Å². The summed E-state index contributed by atoms with van der Waals surface area (Å²) in [6, 6.07) is 7.24. The molecule has 0 radical (unpaired) electrons. The molecule has 0 amide bonds. The molecule has 110 valence electrons. The van der Waals surface area contributed by atoms with Crippen LogP contribution in [0.4, 0.5) is 5.69 Å². The monoisotopic (exact) mass is 299 g/mol. The predicted octanol–water partition coefficient (Wildman–Crippen LogP) is 3.97. The molecule has 2 heterocycles. The van der Waals surface area contributed by atoms with E-state index in [-0.39, 0.29) is 0 Å². The molecule has 0 spiro atoms. The summed E-state index contributed by atoms with van der Waals surface area (Å²) in [7, 11) is 0. The first kappa shape index (κ1) is 13.3. The summed E-state index contributed by atoms with van der Waals surface area (Å²) in [4.78, 5) is 4.46. The maximum absolute atomic E-state index is 4.46. The molecule has 0 bridgehead atoms. The largest absolute Gasteiger partial charge is 0.384 e. The lowest BCUT2D eigenvalue weighted by Gasteiger charge is -2.22. The number of imidazole rings is 1. The number of rotatable bonds is 3. The number of hydrogen-bond acceptors (Lipinski definition) is 3. The smallest absolute Gasteiger partial charge is 0.0953 e. The number of fused-ring (bicyclic) bond motifs is 1. The minimum Gasteiger partial charge on any atom is -0.384 e. The lowest BCUT2D eigenvalue weighted by Crippen LogP contribution is -2.16. The molecule has 4 rings (SSSR count). The van der Waals surface area contributed by atoms with Gasteiger partial charge in [-0.2, -0.15) is 11.8 Å². The molecule has 2 unspecified atom stereocenters. The first-order valence-electron chi connectivity index (χ1n) is 7.79. The average Bonchev–Trinajstić information content (AvgIpc) is 3.24. The van der Waals surface area contributed by atoms with Gasteiger partial charge in [0.15, 0.2) is 0 Å². The van der Waals surface area contributed by atoms with E-state index in [9.17, 15) is 0 Å². The molecule has 0 saturated heterocycles. The zero-order valence-electron chi connectivity index (χ0n) is 12.4. The van der Waals surface area contributed by atoms with E-state index in [2.05, 4.69) is 39.3 Å². The fourth-order valence-corrected chi connectivity index (χ4v) is 4.81. The van der Waals surface area contributed by atoms with Crippen molar-refractivity contribution in [3.63, 3.8) is 0 Å². The first-order chi connectivity index (χ1) is 10.4. The highest BCUT2D eigenvalue weighted by Crippen LogP contribution is 2.41. The SMILES string of the molecule is CSC1CCCC1n1cncc1-c1cccc2c1NCC2. The van der Waals surface area contributed by atoms with Gasteiger partial charge in [-0.1, -0.05) is 24.6 Å². The standard InChI is InChI=1S/C17H21N3S/c1-21-16-7-3-6-14(16)20-11-18-10-15(20)13-5-2-4-12-8-9-19-17(12)13/h2,4-5,10-11,14,16,19H,3,6-9H2,1H3. The highest BCUT2D eigenvalue weighted by molar-refractivity contribution is 7.99. The summed E-state index contributed by atoms with van der Waals surface area (Å²) < 4.78 is 2.42. The number of hydrogen-bond donors (Lipinski definition) is 1. The Kier molecular flexibility index (Phi) is 3.42. The van der Waals surface area contributed by atoms with Crippen LogP contribution in [0, 0.1) is 0 Å². The molecule has 2 atom stereocenters. The van der Waals surface area contributed by atoms with Crippen molar-refractivity contribution in [1.82, 2.24) is 9.55 Å². The number of anilines is 1. The Morgan fingerprint density at radius 1 is 1.33 bits per heavy atom. The van der Waals surface area contributed by atoms with Gasteiger partial charge < -0.3 is 9.88 Å². The van der Waals surface area contributed by atoms with Gasteiger partial charge in [-0.15, -0.1) is 0 Å². The highest BCUT2D eigenvalue weighted by atomic mass is 32.2. The summed E-state index contributed by atoms with van der Waals surface area (Å²) in [5, 5.41) is 4.28. The summed E-state index contributed by atoms with van der Waals surface area (Å²) in [5.74, 6) is 0. The van der Waals surface area contributed by atoms with Gasteiger partial charge in [-0.05, 0) is 31.1 Å². The van der Waals surface area contributed by atoms with Gasteiger partial charge in [-0.3, -0.25) is 0 Å². The summed E-state index contributed by atoms with van der Waals surface area (Å²) in [6.07, 6.45) is 11.4. The molecule has 1 saturated carbocycles. The van der Waals surface area contributed by atoms with E-state index >= 15 is 0 Å². The Labute approximate surface area is 130 Å². The second kappa shape index (κ2) is 5.41. The van der Waals surface area contributed by atoms with Gasteiger partial charge in [-0.25, -0.2) is 4.98 Å². The van der Waals surface area contributed by atoms with Crippen LogP contribution in [0.5, 0.6) is 0 Å². The van der Waals surface area contributed by atoms with Gasteiger partial charge in [0.05, 0.1) is 18.2 Å². The first-order valence-corrected chi connectivity index (χ1v) is 9.08. The normalized spacial score (nSPS) is 24.0. The van der Waals surface area contributed by atoms with E-state index < -0.39 is 0 Å². The molecule has 21 heavy (non-hydrogen) atoms. The van der Waals surface area contributed by atoms with Gasteiger partial charge in [0.2, 0.25) is 0 Å². The maximum atomic E-state index is 4.46. The molecule has 1 aromatic heterocycles. The van der Waals surface area contributed by atoms with E-state index in [1.165, 1.54) is 41.8 Å². The number of nitrogens with one attached hydrogen (secondary N) is 1. The van der Waals surface area contributed by atoms with Crippen molar-refractivity contribution in [2.24, 2.45) is 0 Å². The molecule has 1 aliphatic heterocycles. The van der Waals surface area contributed by atoms with E-state index in [0.717, 1.165) is 18.2 Å². The van der Waals surface area contributed by atoms with Crippen LogP contribution < -0.4 is 5.32 Å². The van der Waals surface area contributed by atoms with Crippen molar-refractivity contribution >= 4 is 17.4 Å². The molecule has 2 aliphatic rings. The van der Waals surface area contributed by atoms with Crippen LogP contribution >= 0.6 is 11.8 Å². The summed E-state index contributed by atoms with van der Waals surface area (Å²) in [5.41, 5.74) is 5.34. The van der Waals surface area contributed by atoms with Crippen LogP contribution in [0.3, 0.4) is 0 Å². The van der Waals surface area contributed by atoms with Gasteiger partial charge >= 0.3 is 0 Å². The second-order valence-corrected chi connectivity index (χ2v) is 7.05. The molecule has 1 aromatic carbocycles. The van der Waals surface area contributed by atoms with Crippen molar-refractivity contribution < 1.29 is 0 Å². The zero-order valence-corrected chi connectivity index (χ0v) is 13.2. The topological polar surface area (TPSA) is 29.9 Å². The molecule has 1 fully saturated rings. The van der Waals surface area contributed by atoms with Crippen LogP contribution in [-0.2, 0) is 6.42 Å². The molecular weight excluding hydrogens is 278 g/mol. The number of nitrogens with zero attached hydrogens (tertiary/aromatic N) is 2. The van der Waals surface area contributed by atoms with E-state index in [0.29, 0.717) is 6.04 Å². The lowest BCUT2D eigenvalue weighted by molar-refractivity contribution is 0.533. The van der Waals surface area contributed by atoms with Gasteiger partial charge in [0.1, 0.15) is 0 Å². The van der Waals surface area contributed by atoms with Gasteiger partial charge in [0.25, 0.3) is 0 Å². The van der Waals surface area contributed by atoms with Crippen molar-refractivity contribution in [2.45, 2.75) is 37.0 Å². The highest BCUT2D eigenvalue weighted by Gasteiger charge is 2.30. The van der Waals surface area contributed by atoms with Crippen LogP contribution in [0.1, 0.15) is 30.9 Å². The Balaban J connectivity index is 1.78. The fraction of sp³-hybridized carbons (Fsp3) is 0.471. The number of para-hydroxylation sites is 1. The summed E-state index contributed by atoms with van der Waals surface area (Å²) in [6.45, 7) is 1.05. The van der Waals surface area contributed by atoms with Gasteiger partial charge in [0, 0.05) is 29.1 Å². The minimum atomic E-state index is 0.592. The average molecular weight is 299 g/mol. The number of aromatic nitrogens is 2. The summed E-state index contributed by atoms with van der Waals surface area (Å²) >= 11 is 2.00.